The van der Waals surface area contributed by atoms with Gasteiger partial charge in [0.05, 0.1) is 11.5 Å². The Hall–Kier alpha value is -0.550. The van der Waals surface area contributed by atoms with Gasteiger partial charge in [0.25, 0.3) is 0 Å². The van der Waals surface area contributed by atoms with Gasteiger partial charge in [-0.05, 0) is 64.0 Å². The average molecular weight is 333 g/mol. The van der Waals surface area contributed by atoms with Crippen molar-refractivity contribution in [3.63, 3.8) is 0 Å². The van der Waals surface area contributed by atoms with Gasteiger partial charge in [0.2, 0.25) is 0 Å². The Bertz CT molecular complexity index is 368. The molecule has 2 nitrogen and oxygen atoms in total. The Kier molecular flexibility index (Phi) is 8.60. The lowest BCUT2D eigenvalue weighted by Crippen LogP contribution is -2.44. The van der Waals surface area contributed by atoms with E-state index in [0.717, 1.165) is 31.2 Å². The number of piperidine rings is 1. The van der Waals surface area contributed by atoms with Crippen LogP contribution in [0.15, 0.2) is 0 Å². The van der Waals surface area contributed by atoms with Gasteiger partial charge in [-0.3, -0.25) is 0 Å². The molecule has 1 saturated carbocycles. The van der Waals surface area contributed by atoms with E-state index in [2.05, 4.69) is 24.8 Å². The van der Waals surface area contributed by atoms with Crippen LogP contribution >= 0.6 is 0 Å². The average Bonchev–Trinajstić information content (AvgIpc) is 2.64. The minimum atomic E-state index is 0.0175. The van der Waals surface area contributed by atoms with E-state index >= 15 is 0 Å². The van der Waals surface area contributed by atoms with Crippen molar-refractivity contribution < 1.29 is 0 Å². The van der Waals surface area contributed by atoms with Crippen molar-refractivity contribution in [2.45, 2.75) is 110 Å². The van der Waals surface area contributed by atoms with Crippen LogP contribution in [-0.4, -0.2) is 24.0 Å². The van der Waals surface area contributed by atoms with Crippen molar-refractivity contribution in [2.24, 2.45) is 11.3 Å². The van der Waals surface area contributed by atoms with E-state index in [1.54, 1.807) is 0 Å². The monoisotopic (exact) mass is 332 g/mol. The quantitative estimate of drug-likeness (QED) is 0.462. The first-order chi connectivity index (χ1) is 11.7. The third kappa shape index (κ3) is 5.76. The molecule has 2 rings (SSSR count). The van der Waals surface area contributed by atoms with Crippen LogP contribution in [0.1, 0.15) is 104 Å². The van der Waals surface area contributed by atoms with E-state index in [4.69, 9.17) is 0 Å². The lowest BCUT2D eigenvalue weighted by atomic mass is 9.70. The van der Waals surface area contributed by atoms with E-state index in [-0.39, 0.29) is 5.41 Å². The van der Waals surface area contributed by atoms with Gasteiger partial charge >= 0.3 is 0 Å². The van der Waals surface area contributed by atoms with Gasteiger partial charge in [0, 0.05) is 6.04 Å². The SMILES string of the molecule is CCCCCCC1(C#N)CCC(N2CCC(CCCC)CC2)CC1. The molecule has 0 unspecified atom stereocenters. The maximum absolute atomic E-state index is 9.75. The van der Waals surface area contributed by atoms with Gasteiger partial charge in [-0.25, -0.2) is 0 Å². The summed E-state index contributed by atoms with van der Waals surface area (Å²) in [5.41, 5.74) is 0.0175. The summed E-state index contributed by atoms with van der Waals surface area (Å²) in [7, 11) is 0. The van der Waals surface area contributed by atoms with Crippen LogP contribution < -0.4 is 0 Å². The lowest BCUT2D eigenvalue weighted by molar-refractivity contribution is 0.0755. The number of hydrogen-bond donors (Lipinski definition) is 0. The third-order valence-electron chi connectivity index (χ3n) is 6.79. The highest BCUT2D eigenvalue weighted by Gasteiger charge is 2.37. The molecule has 1 aliphatic heterocycles. The van der Waals surface area contributed by atoms with Crippen LogP contribution in [0.25, 0.3) is 0 Å². The maximum Gasteiger partial charge on any atom is 0.0689 e. The number of rotatable bonds is 9. The molecule has 0 amide bonds. The molecular weight excluding hydrogens is 292 g/mol. The van der Waals surface area contributed by atoms with Crippen molar-refractivity contribution >= 4 is 0 Å². The predicted octanol–water partition coefficient (Wildman–Crippen LogP) is 6.31. The zero-order valence-corrected chi connectivity index (χ0v) is 16.4. The van der Waals surface area contributed by atoms with Gasteiger partial charge in [-0.2, -0.15) is 5.26 Å². The summed E-state index contributed by atoms with van der Waals surface area (Å²) >= 11 is 0. The minimum absolute atomic E-state index is 0.0175. The van der Waals surface area contributed by atoms with E-state index in [1.807, 2.05) is 0 Å². The molecule has 0 aromatic carbocycles. The molecule has 138 valence electrons. The van der Waals surface area contributed by atoms with Crippen molar-refractivity contribution in [2.75, 3.05) is 13.1 Å². The maximum atomic E-state index is 9.75. The summed E-state index contributed by atoms with van der Waals surface area (Å²) < 4.78 is 0. The van der Waals surface area contributed by atoms with Crippen LogP contribution in [-0.2, 0) is 0 Å². The third-order valence-corrected chi connectivity index (χ3v) is 6.79. The van der Waals surface area contributed by atoms with Crippen LogP contribution in [0.2, 0.25) is 0 Å². The van der Waals surface area contributed by atoms with Crippen molar-refractivity contribution in [3.05, 3.63) is 0 Å². The summed E-state index contributed by atoms with van der Waals surface area (Å²) in [6, 6.07) is 3.50. The number of unbranched alkanes of at least 4 members (excludes halogenated alkanes) is 4. The first-order valence-electron chi connectivity index (χ1n) is 10.9. The number of hydrogen-bond acceptors (Lipinski definition) is 2. The fraction of sp³-hybridized carbons (Fsp3) is 0.955. The first kappa shape index (κ1) is 19.8. The Labute approximate surface area is 151 Å². The highest BCUT2D eigenvalue weighted by molar-refractivity contribution is 5.03. The summed E-state index contributed by atoms with van der Waals surface area (Å²) in [6.07, 6.45) is 18.2. The molecule has 0 spiro atoms. The zero-order valence-electron chi connectivity index (χ0n) is 16.4. The minimum Gasteiger partial charge on any atom is -0.300 e. The van der Waals surface area contributed by atoms with Gasteiger partial charge < -0.3 is 4.90 Å². The largest absolute Gasteiger partial charge is 0.300 e. The normalized spacial score (nSPS) is 29.5. The fourth-order valence-electron chi connectivity index (χ4n) is 4.93. The molecule has 0 bridgehead atoms. The molecule has 1 aliphatic carbocycles. The molecule has 24 heavy (non-hydrogen) atoms. The highest BCUT2D eigenvalue weighted by atomic mass is 15.2. The Morgan fingerprint density at radius 3 is 2.17 bits per heavy atom. The molecule has 0 aromatic heterocycles. The van der Waals surface area contributed by atoms with Gasteiger partial charge in [-0.15, -0.1) is 0 Å². The standard InChI is InChI=1S/C22H40N2/c1-3-5-7-8-14-22(19-23)15-10-21(11-16-22)24-17-12-20(13-18-24)9-6-4-2/h20-21H,3-18H2,1-2H3. The molecule has 0 N–H and O–H groups in total. The Morgan fingerprint density at radius 1 is 0.917 bits per heavy atom. The van der Waals surface area contributed by atoms with Crippen LogP contribution in [0.5, 0.6) is 0 Å². The lowest BCUT2D eigenvalue weighted by Gasteiger charge is -2.43. The van der Waals surface area contributed by atoms with Crippen LogP contribution in [0.4, 0.5) is 0 Å². The van der Waals surface area contributed by atoms with Crippen molar-refractivity contribution in [1.29, 1.82) is 5.26 Å². The second kappa shape index (κ2) is 10.4. The number of nitriles is 1. The second-order valence-electron chi connectivity index (χ2n) is 8.56. The molecule has 0 radical (unpaired) electrons. The van der Waals surface area contributed by atoms with E-state index < -0.39 is 0 Å². The molecule has 0 aromatic rings. The number of likely N-dealkylation sites (tertiary alicyclic amines) is 1. The summed E-state index contributed by atoms with van der Waals surface area (Å²) in [4.78, 5) is 2.76. The summed E-state index contributed by atoms with van der Waals surface area (Å²) in [5, 5.41) is 9.75. The second-order valence-corrected chi connectivity index (χ2v) is 8.56. The summed E-state index contributed by atoms with van der Waals surface area (Å²) in [5.74, 6) is 0.988. The van der Waals surface area contributed by atoms with Crippen molar-refractivity contribution in [3.8, 4) is 6.07 Å². The van der Waals surface area contributed by atoms with Gasteiger partial charge in [-0.1, -0.05) is 58.8 Å². The summed E-state index contributed by atoms with van der Waals surface area (Å²) in [6.45, 7) is 7.20. The first-order valence-corrected chi connectivity index (χ1v) is 10.9. The van der Waals surface area contributed by atoms with Crippen LogP contribution in [0, 0.1) is 22.7 Å². The van der Waals surface area contributed by atoms with Gasteiger partial charge in [0.15, 0.2) is 0 Å². The van der Waals surface area contributed by atoms with Crippen molar-refractivity contribution in [1.82, 2.24) is 4.90 Å². The molecule has 1 heterocycles. The molecule has 1 saturated heterocycles. The molecule has 2 heteroatoms. The molecule has 2 aliphatic rings. The molecule has 0 atom stereocenters. The van der Waals surface area contributed by atoms with E-state index in [1.165, 1.54) is 83.7 Å². The van der Waals surface area contributed by atoms with E-state index in [0.29, 0.717) is 0 Å². The highest BCUT2D eigenvalue weighted by Crippen LogP contribution is 2.42. The Morgan fingerprint density at radius 2 is 1.58 bits per heavy atom. The topological polar surface area (TPSA) is 27.0 Å². The van der Waals surface area contributed by atoms with Crippen LogP contribution in [0.3, 0.4) is 0 Å². The Balaban J connectivity index is 1.71. The van der Waals surface area contributed by atoms with E-state index in [9.17, 15) is 5.26 Å². The van der Waals surface area contributed by atoms with Gasteiger partial charge in [0.1, 0.15) is 0 Å². The molecule has 2 fully saturated rings. The number of nitrogens with zero attached hydrogens (tertiary/aromatic N) is 2. The predicted molar refractivity (Wildman–Crippen MR) is 103 cm³/mol. The molecular formula is C22H40N2. The smallest absolute Gasteiger partial charge is 0.0689 e. The fourth-order valence-corrected chi connectivity index (χ4v) is 4.93. The zero-order chi connectivity index (χ0) is 17.3.